The minimum absolute atomic E-state index is 0.0214. The van der Waals surface area contributed by atoms with Crippen molar-refractivity contribution in [2.24, 2.45) is 5.92 Å². The lowest BCUT2D eigenvalue weighted by atomic mass is 10.1. The molecule has 0 aromatic heterocycles. The first-order valence-electron chi connectivity index (χ1n) is 6.14. The fourth-order valence-electron chi connectivity index (χ4n) is 1.84. The third-order valence-electron chi connectivity index (χ3n) is 2.73. The van der Waals surface area contributed by atoms with Gasteiger partial charge in [0, 0.05) is 0 Å². The third kappa shape index (κ3) is 4.28. The van der Waals surface area contributed by atoms with Gasteiger partial charge in [-0.05, 0) is 43.0 Å². The Balaban J connectivity index is 3.06. The zero-order chi connectivity index (χ0) is 15.5. The first-order chi connectivity index (χ1) is 9.13. The van der Waals surface area contributed by atoms with Crippen LogP contribution in [0.2, 0.25) is 0 Å². The lowest BCUT2D eigenvalue weighted by molar-refractivity contribution is -0.139. The molecule has 0 amide bonds. The maximum absolute atomic E-state index is 13.0. The number of hydrogen-bond acceptors (Lipinski definition) is 3. The Hall–Kier alpha value is -1.47. The molecule has 0 fully saturated rings. The van der Waals surface area contributed by atoms with E-state index in [-0.39, 0.29) is 22.8 Å². The van der Waals surface area contributed by atoms with Crippen molar-refractivity contribution in [3.63, 3.8) is 0 Å². The molecule has 2 N–H and O–H groups in total. The summed E-state index contributed by atoms with van der Waals surface area (Å²) < 4.78 is 39.5. The molecular formula is C13H18FNO4S. The van der Waals surface area contributed by atoms with Gasteiger partial charge in [-0.2, -0.15) is 4.72 Å². The quantitative estimate of drug-likeness (QED) is 0.841. The number of rotatable bonds is 6. The first kappa shape index (κ1) is 16.6. The van der Waals surface area contributed by atoms with E-state index < -0.39 is 27.9 Å². The Morgan fingerprint density at radius 2 is 2.00 bits per heavy atom. The molecule has 0 saturated carbocycles. The monoisotopic (exact) mass is 303 g/mol. The smallest absolute Gasteiger partial charge is 0.321 e. The number of carbonyl (C=O) groups is 1. The summed E-state index contributed by atoms with van der Waals surface area (Å²) in [5.41, 5.74) is 0.228. The molecule has 5 nitrogen and oxygen atoms in total. The number of carboxylic acids is 1. The molecule has 0 aliphatic heterocycles. The summed E-state index contributed by atoms with van der Waals surface area (Å²) in [6.07, 6.45) is 0.175. The second-order valence-electron chi connectivity index (χ2n) is 5.05. The van der Waals surface area contributed by atoms with Crippen molar-refractivity contribution in [2.45, 2.75) is 38.1 Å². The Morgan fingerprint density at radius 1 is 1.40 bits per heavy atom. The maximum Gasteiger partial charge on any atom is 0.321 e. The first-order valence-corrected chi connectivity index (χ1v) is 7.63. The minimum Gasteiger partial charge on any atom is -0.480 e. The summed E-state index contributed by atoms with van der Waals surface area (Å²) in [6.45, 7) is 5.05. The molecular weight excluding hydrogens is 285 g/mol. The zero-order valence-corrected chi connectivity index (χ0v) is 12.4. The van der Waals surface area contributed by atoms with Crippen LogP contribution in [0.25, 0.3) is 0 Å². The van der Waals surface area contributed by atoms with Crippen LogP contribution in [0, 0.1) is 18.7 Å². The van der Waals surface area contributed by atoms with E-state index in [4.69, 9.17) is 5.11 Å². The van der Waals surface area contributed by atoms with Gasteiger partial charge in [-0.25, -0.2) is 12.8 Å². The molecule has 0 aliphatic rings. The maximum atomic E-state index is 13.0. The second-order valence-corrected chi connectivity index (χ2v) is 6.73. The number of benzene rings is 1. The molecule has 0 unspecified atom stereocenters. The van der Waals surface area contributed by atoms with Crippen LogP contribution in [0.3, 0.4) is 0 Å². The van der Waals surface area contributed by atoms with Gasteiger partial charge in [-0.15, -0.1) is 0 Å². The van der Waals surface area contributed by atoms with Gasteiger partial charge in [0.05, 0.1) is 4.90 Å². The Bertz CT molecular complexity index is 598. The lowest BCUT2D eigenvalue weighted by Crippen LogP contribution is -2.41. The number of hydrogen-bond donors (Lipinski definition) is 2. The van der Waals surface area contributed by atoms with Gasteiger partial charge in [0.2, 0.25) is 10.0 Å². The van der Waals surface area contributed by atoms with Gasteiger partial charge < -0.3 is 5.11 Å². The van der Waals surface area contributed by atoms with Gasteiger partial charge in [-0.3, -0.25) is 4.79 Å². The molecule has 0 saturated heterocycles. The lowest BCUT2D eigenvalue weighted by Gasteiger charge is -2.17. The van der Waals surface area contributed by atoms with Gasteiger partial charge in [0.15, 0.2) is 0 Å². The third-order valence-corrected chi connectivity index (χ3v) is 4.36. The van der Waals surface area contributed by atoms with Gasteiger partial charge in [0.1, 0.15) is 11.9 Å². The molecule has 0 heterocycles. The molecule has 1 aromatic carbocycles. The van der Waals surface area contributed by atoms with E-state index in [2.05, 4.69) is 4.72 Å². The summed E-state index contributed by atoms with van der Waals surface area (Å²) in [7, 11) is -4.00. The van der Waals surface area contributed by atoms with Crippen LogP contribution in [0.15, 0.2) is 23.1 Å². The number of aliphatic carboxylic acids is 1. The van der Waals surface area contributed by atoms with Crippen molar-refractivity contribution >= 4 is 16.0 Å². The van der Waals surface area contributed by atoms with Gasteiger partial charge in [-0.1, -0.05) is 13.8 Å². The Morgan fingerprint density at radius 3 is 2.45 bits per heavy atom. The van der Waals surface area contributed by atoms with Gasteiger partial charge >= 0.3 is 5.97 Å². The predicted octanol–water partition coefficient (Wildman–Crippen LogP) is 1.91. The summed E-state index contributed by atoms with van der Waals surface area (Å²) in [5.74, 6) is -1.76. The fourth-order valence-corrected chi connectivity index (χ4v) is 3.26. The predicted molar refractivity (Wildman–Crippen MR) is 72.3 cm³/mol. The van der Waals surface area contributed by atoms with E-state index in [1.165, 1.54) is 6.92 Å². The van der Waals surface area contributed by atoms with E-state index in [9.17, 15) is 17.6 Å². The summed E-state index contributed by atoms with van der Waals surface area (Å²) in [5, 5.41) is 9.06. The molecule has 20 heavy (non-hydrogen) atoms. The molecule has 1 atom stereocenters. The van der Waals surface area contributed by atoms with E-state index >= 15 is 0 Å². The van der Waals surface area contributed by atoms with Crippen LogP contribution in [0.5, 0.6) is 0 Å². The van der Waals surface area contributed by atoms with E-state index in [0.717, 1.165) is 18.2 Å². The van der Waals surface area contributed by atoms with Crippen molar-refractivity contribution in [3.05, 3.63) is 29.6 Å². The standard InChI is InChI=1S/C13H18FNO4S/c1-8(2)6-11(13(16)17)15-20(18,19)12-5-4-10(14)7-9(12)3/h4-5,7-8,11,15H,6H2,1-3H3,(H,16,17)/t11-/m1/s1. The highest BCUT2D eigenvalue weighted by molar-refractivity contribution is 7.89. The molecule has 112 valence electrons. The Kier molecular flexibility index (Phi) is 5.24. The van der Waals surface area contributed by atoms with Crippen LogP contribution in [0.4, 0.5) is 4.39 Å². The van der Waals surface area contributed by atoms with Crippen LogP contribution in [-0.4, -0.2) is 25.5 Å². The van der Waals surface area contributed by atoms with Crippen molar-refractivity contribution < 1.29 is 22.7 Å². The average Bonchev–Trinajstić information content (AvgIpc) is 2.26. The molecule has 7 heteroatoms. The van der Waals surface area contributed by atoms with E-state index in [1.54, 1.807) is 13.8 Å². The molecule has 0 bridgehead atoms. The van der Waals surface area contributed by atoms with Crippen LogP contribution >= 0.6 is 0 Å². The van der Waals surface area contributed by atoms with Crippen LogP contribution in [-0.2, 0) is 14.8 Å². The molecule has 0 aliphatic carbocycles. The number of carboxylic acid groups (broad SMARTS) is 1. The minimum atomic E-state index is -4.00. The Labute approximate surface area is 117 Å². The number of halogens is 1. The highest BCUT2D eigenvalue weighted by Gasteiger charge is 2.27. The average molecular weight is 303 g/mol. The summed E-state index contributed by atoms with van der Waals surface area (Å²) in [6, 6.07) is 2.04. The van der Waals surface area contributed by atoms with Crippen molar-refractivity contribution in [3.8, 4) is 0 Å². The topological polar surface area (TPSA) is 83.5 Å². The second kappa shape index (κ2) is 6.32. The SMILES string of the molecule is Cc1cc(F)ccc1S(=O)(=O)N[C@H](CC(C)C)C(=O)O. The number of nitrogens with one attached hydrogen (secondary N) is 1. The van der Waals surface area contributed by atoms with E-state index in [1.807, 2.05) is 0 Å². The molecule has 1 rings (SSSR count). The molecule has 0 radical (unpaired) electrons. The summed E-state index contributed by atoms with van der Waals surface area (Å²) >= 11 is 0. The highest BCUT2D eigenvalue weighted by atomic mass is 32.2. The largest absolute Gasteiger partial charge is 0.480 e. The zero-order valence-electron chi connectivity index (χ0n) is 11.6. The van der Waals surface area contributed by atoms with E-state index in [0.29, 0.717) is 0 Å². The summed E-state index contributed by atoms with van der Waals surface area (Å²) in [4.78, 5) is 11.0. The number of aryl methyl sites for hydroxylation is 1. The van der Waals surface area contributed by atoms with Gasteiger partial charge in [0.25, 0.3) is 0 Å². The van der Waals surface area contributed by atoms with Crippen molar-refractivity contribution in [1.29, 1.82) is 0 Å². The highest BCUT2D eigenvalue weighted by Crippen LogP contribution is 2.17. The molecule has 0 spiro atoms. The number of sulfonamides is 1. The normalized spacial score (nSPS) is 13.4. The fraction of sp³-hybridized carbons (Fsp3) is 0.462. The van der Waals surface area contributed by atoms with Crippen LogP contribution in [0.1, 0.15) is 25.8 Å². The van der Waals surface area contributed by atoms with Crippen molar-refractivity contribution in [2.75, 3.05) is 0 Å². The van der Waals surface area contributed by atoms with Crippen molar-refractivity contribution in [1.82, 2.24) is 4.72 Å². The molecule has 1 aromatic rings. The van der Waals surface area contributed by atoms with Crippen LogP contribution < -0.4 is 4.72 Å².